The van der Waals surface area contributed by atoms with Crippen molar-refractivity contribution >= 4 is 12.0 Å². The fourth-order valence-electron chi connectivity index (χ4n) is 3.43. The molecule has 2 N–H and O–H groups in total. The number of likely N-dealkylation sites (tertiary alicyclic amines) is 1. The first kappa shape index (κ1) is 15.8. The number of urea groups is 1. The minimum absolute atomic E-state index is 0.217. The zero-order valence-electron chi connectivity index (χ0n) is 13.5. The van der Waals surface area contributed by atoms with Gasteiger partial charge in [-0.1, -0.05) is 12.8 Å². The zero-order chi connectivity index (χ0) is 16.4. The van der Waals surface area contributed by atoms with Crippen LogP contribution in [0.25, 0.3) is 0 Å². The molecule has 1 saturated carbocycles. The summed E-state index contributed by atoms with van der Waals surface area (Å²) in [4.78, 5) is 25.0. The number of aromatic nitrogens is 2. The molecule has 23 heavy (non-hydrogen) atoms. The van der Waals surface area contributed by atoms with Crippen LogP contribution in [0.1, 0.15) is 50.8 Å². The molecular formula is C16H24N4O3. The average molecular weight is 320 g/mol. The number of carbonyl (C=O) groups is 2. The van der Waals surface area contributed by atoms with E-state index in [9.17, 15) is 14.7 Å². The van der Waals surface area contributed by atoms with Gasteiger partial charge >= 0.3 is 12.0 Å². The molecule has 1 unspecified atom stereocenters. The van der Waals surface area contributed by atoms with Crippen LogP contribution in [0.2, 0.25) is 0 Å². The summed E-state index contributed by atoms with van der Waals surface area (Å²) in [5, 5.41) is 16.6. The quantitative estimate of drug-likeness (QED) is 0.888. The number of carboxylic acid groups (broad SMARTS) is 1. The number of nitrogens with one attached hydrogen (secondary N) is 1. The van der Waals surface area contributed by atoms with Gasteiger partial charge in [-0.15, -0.1) is 0 Å². The molecule has 1 aliphatic heterocycles. The van der Waals surface area contributed by atoms with Crippen LogP contribution in [0.15, 0.2) is 12.3 Å². The first-order valence-electron chi connectivity index (χ1n) is 8.28. The van der Waals surface area contributed by atoms with E-state index < -0.39 is 11.4 Å². The maximum Gasteiger partial charge on any atom is 0.317 e. The van der Waals surface area contributed by atoms with Crippen molar-refractivity contribution in [3.63, 3.8) is 0 Å². The lowest BCUT2D eigenvalue weighted by Crippen LogP contribution is -2.40. The topological polar surface area (TPSA) is 87.5 Å². The van der Waals surface area contributed by atoms with E-state index in [1.54, 1.807) is 11.8 Å². The van der Waals surface area contributed by atoms with Crippen molar-refractivity contribution in [2.75, 3.05) is 13.1 Å². The average Bonchev–Trinajstić information content (AvgIpc) is 3.25. The number of carbonyl (C=O) groups excluding carboxylic acids is 1. The van der Waals surface area contributed by atoms with E-state index in [1.807, 2.05) is 16.9 Å². The molecule has 3 rings (SSSR count). The molecule has 2 aliphatic rings. The highest BCUT2D eigenvalue weighted by Crippen LogP contribution is 2.30. The van der Waals surface area contributed by atoms with Crippen LogP contribution in [0, 0.1) is 5.41 Å². The Morgan fingerprint density at radius 1 is 1.43 bits per heavy atom. The fourth-order valence-corrected chi connectivity index (χ4v) is 3.43. The molecule has 0 bridgehead atoms. The van der Waals surface area contributed by atoms with Crippen LogP contribution in [0.4, 0.5) is 4.79 Å². The number of hydrogen-bond acceptors (Lipinski definition) is 3. The third-order valence-electron chi connectivity index (χ3n) is 5.06. The Labute approximate surface area is 135 Å². The van der Waals surface area contributed by atoms with Gasteiger partial charge in [-0.3, -0.25) is 9.48 Å². The standard InChI is InChI=1S/C16H24N4O3/c1-16(14(21)22)7-9-19(11-16)15(23)17-10-12-6-8-20(18-12)13-4-2-3-5-13/h6,8,13H,2-5,7,9-11H2,1H3,(H,17,23)(H,21,22). The van der Waals surface area contributed by atoms with Crippen molar-refractivity contribution in [3.05, 3.63) is 18.0 Å². The van der Waals surface area contributed by atoms with E-state index in [4.69, 9.17) is 0 Å². The largest absolute Gasteiger partial charge is 0.481 e. The SMILES string of the molecule is CC1(C(=O)O)CCN(C(=O)NCc2ccn(C3CCCC3)n2)C1. The number of rotatable bonds is 4. The highest BCUT2D eigenvalue weighted by Gasteiger charge is 2.42. The molecule has 7 heteroatoms. The molecule has 1 atom stereocenters. The first-order valence-corrected chi connectivity index (χ1v) is 8.28. The van der Waals surface area contributed by atoms with E-state index in [2.05, 4.69) is 10.4 Å². The van der Waals surface area contributed by atoms with Gasteiger partial charge < -0.3 is 15.3 Å². The Balaban J connectivity index is 1.50. The lowest BCUT2D eigenvalue weighted by atomic mass is 9.90. The first-order chi connectivity index (χ1) is 11.0. The normalized spacial score (nSPS) is 25.0. The van der Waals surface area contributed by atoms with Crippen LogP contribution >= 0.6 is 0 Å². The van der Waals surface area contributed by atoms with Gasteiger partial charge in [0.25, 0.3) is 0 Å². The second kappa shape index (κ2) is 6.22. The van der Waals surface area contributed by atoms with E-state index in [0.717, 1.165) is 5.69 Å². The minimum Gasteiger partial charge on any atom is -0.481 e. The van der Waals surface area contributed by atoms with Crippen LogP contribution in [-0.4, -0.2) is 44.9 Å². The summed E-state index contributed by atoms with van der Waals surface area (Å²) < 4.78 is 2.01. The second-order valence-corrected chi connectivity index (χ2v) is 6.92. The lowest BCUT2D eigenvalue weighted by Gasteiger charge is -2.20. The number of hydrogen-bond donors (Lipinski definition) is 2. The molecular weight excluding hydrogens is 296 g/mol. The summed E-state index contributed by atoms with van der Waals surface area (Å²) in [6.45, 7) is 2.79. The second-order valence-electron chi connectivity index (χ2n) is 6.92. The summed E-state index contributed by atoms with van der Waals surface area (Å²) in [6, 6.07) is 2.21. The Bertz CT molecular complexity index is 594. The van der Waals surface area contributed by atoms with Gasteiger partial charge in [0.1, 0.15) is 0 Å². The zero-order valence-corrected chi connectivity index (χ0v) is 13.5. The third-order valence-corrected chi connectivity index (χ3v) is 5.06. The maximum absolute atomic E-state index is 12.2. The molecule has 0 spiro atoms. The van der Waals surface area contributed by atoms with Gasteiger partial charge in [-0.2, -0.15) is 5.10 Å². The molecule has 0 radical (unpaired) electrons. The van der Waals surface area contributed by atoms with Gasteiger partial charge in [0.15, 0.2) is 0 Å². The highest BCUT2D eigenvalue weighted by atomic mass is 16.4. The molecule has 2 amide bonds. The number of amides is 2. The molecule has 2 heterocycles. The summed E-state index contributed by atoms with van der Waals surface area (Å²) in [6.07, 6.45) is 7.34. The van der Waals surface area contributed by atoms with Gasteiger partial charge in [0, 0.05) is 19.3 Å². The Hall–Kier alpha value is -2.05. The van der Waals surface area contributed by atoms with Gasteiger partial charge in [0.2, 0.25) is 0 Å². The Kier molecular flexibility index (Phi) is 4.28. The molecule has 1 aromatic rings. The van der Waals surface area contributed by atoms with Crippen molar-refractivity contribution in [2.45, 2.75) is 51.6 Å². The van der Waals surface area contributed by atoms with Crippen molar-refractivity contribution in [2.24, 2.45) is 5.41 Å². The monoisotopic (exact) mass is 320 g/mol. The molecule has 7 nitrogen and oxygen atoms in total. The number of aliphatic carboxylic acids is 1. The molecule has 1 aromatic heterocycles. The Morgan fingerprint density at radius 2 is 2.17 bits per heavy atom. The predicted molar refractivity (Wildman–Crippen MR) is 83.9 cm³/mol. The molecule has 2 fully saturated rings. The van der Waals surface area contributed by atoms with E-state index >= 15 is 0 Å². The summed E-state index contributed by atoms with van der Waals surface area (Å²) in [5.41, 5.74) is 0.00642. The van der Waals surface area contributed by atoms with E-state index in [1.165, 1.54) is 25.7 Å². The molecule has 0 aromatic carbocycles. The van der Waals surface area contributed by atoms with Gasteiger partial charge in [-0.05, 0) is 32.3 Å². The van der Waals surface area contributed by atoms with Crippen LogP contribution in [0.5, 0.6) is 0 Å². The van der Waals surface area contributed by atoms with Gasteiger partial charge in [-0.25, -0.2) is 4.79 Å². The van der Waals surface area contributed by atoms with Crippen molar-refractivity contribution in [3.8, 4) is 0 Å². The van der Waals surface area contributed by atoms with Crippen molar-refractivity contribution in [1.82, 2.24) is 20.0 Å². The molecule has 1 aliphatic carbocycles. The summed E-state index contributed by atoms with van der Waals surface area (Å²) in [7, 11) is 0. The van der Waals surface area contributed by atoms with Crippen LogP contribution in [-0.2, 0) is 11.3 Å². The summed E-state index contributed by atoms with van der Waals surface area (Å²) in [5.74, 6) is -0.844. The van der Waals surface area contributed by atoms with E-state index in [0.29, 0.717) is 25.6 Å². The Morgan fingerprint density at radius 3 is 2.83 bits per heavy atom. The van der Waals surface area contributed by atoms with Gasteiger partial charge in [0.05, 0.1) is 23.7 Å². The highest BCUT2D eigenvalue weighted by molar-refractivity contribution is 5.79. The van der Waals surface area contributed by atoms with E-state index in [-0.39, 0.29) is 12.6 Å². The maximum atomic E-state index is 12.2. The fraction of sp³-hybridized carbons (Fsp3) is 0.688. The predicted octanol–water partition coefficient (Wildman–Crippen LogP) is 2.00. The minimum atomic E-state index is -0.844. The lowest BCUT2D eigenvalue weighted by molar-refractivity contribution is -0.147. The summed E-state index contributed by atoms with van der Waals surface area (Å²) >= 11 is 0. The van der Waals surface area contributed by atoms with Crippen molar-refractivity contribution in [1.29, 1.82) is 0 Å². The van der Waals surface area contributed by atoms with Crippen LogP contribution in [0.3, 0.4) is 0 Å². The molecule has 1 saturated heterocycles. The molecule has 126 valence electrons. The van der Waals surface area contributed by atoms with Crippen LogP contribution < -0.4 is 5.32 Å². The number of carboxylic acids is 1. The smallest absolute Gasteiger partial charge is 0.317 e. The number of nitrogens with zero attached hydrogens (tertiary/aromatic N) is 3. The van der Waals surface area contributed by atoms with Crippen molar-refractivity contribution < 1.29 is 14.7 Å². The third kappa shape index (κ3) is 3.33.